The third-order valence-corrected chi connectivity index (χ3v) is 7.21. The van der Waals surface area contributed by atoms with Crippen LogP contribution in [0.2, 0.25) is 10.0 Å². The summed E-state index contributed by atoms with van der Waals surface area (Å²) >= 11 is 13.1. The van der Waals surface area contributed by atoms with Crippen LogP contribution in [0.15, 0.2) is 93.2 Å². The van der Waals surface area contributed by atoms with Crippen LogP contribution in [0.25, 0.3) is 0 Å². The standard InChI is InChI=1S/C27H21Cl2N3O4S/c1-16-24(27(34)36-14-17-6-3-2-4-7-17)25(22-8-5-11-35-22)19(13-30)26(31-16)37-15-23(33)32-18-9-10-20(28)21(29)12-18/h2-12,25,31H,14-15H2,1H3,(H,32,33)/t25-/m0/s1. The molecule has 0 saturated heterocycles. The number of benzene rings is 2. The maximum atomic E-state index is 13.2. The lowest BCUT2D eigenvalue weighted by Crippen LogP contribution is -2.29. The first-order chi connectivity index (χ1) is 17.9. The van der Waals surface area contributed by atoms with Crippen LogP contribution < -0.4 is 10.6 Å². The maximum absolute atomic E-state index is 13.2. The van der Waals surface area contributed by atoms with Crippen LogP contribution in [0.5, 0.6) is 0 Å². The van der Waals surface area contributed by atoms with Crippen LogP contribution in [0.4, 0.5) is 5.69 Å². The number of hydrogen-bond acceptors (Lipinski definition) is 7. The second kappa shape index (κ2) is 12.1. The molecule has 0 bridgehead atoms. The van der Waals surface area contributed by atoms with Crippen LogP contribution in [-0.4, -0.2) is 17.6 Å². The van der Waals surface area contributed by atoms with Crippen LogP contribution in [0.1, 0.15) is 24.2 Å². The zero-order valence-corrected chi connectivity index (χ0v) is 21.9. The minimum absolute atomic E-state index is 0.000297. The fourth-order valence-electron chi connectivity index (χ4n) is 3.75. The van der Waals surface area contributed by atoms with Gasteiger partial charge >= 0.3 is 5.97 Å². The van der Waals surface area contributed by atoms with Crippen molar-refractivity contribution in [2.24, 2.45) is 0 Å². The van der Waals surface area contributed by atoms with E-state index in [-0.39, 0.29) is 29.4 Å². The largest absolute Gasteiger partial charge is 0.468 e. The van der Waals surface area contributed by atoms with Gasteiger partial charge in [0.25, 0.3) is 0 Å². The van der Waals surface area contributed by atoms with Crippen LogP contribution in [-0.2, 0) is 20.9 Å². The van der Waals surface area contributed by atoms with E-state index in [1.807, 2.05) is 30.3 Å². The van der Waals surface area contributed by atoms with E-state index in [4.69, 9.17) is 32.4 Å². The summed E-state index contributed by atoms with van der Waals surface area (Å²) in [5.41, 5.74) is 2.37. The summed E-state index contributed by atoms with van der Waals surface area (Å²) in [6.07, 6.45) is 1.48. The first-order valence-corrected chi connectivity index (χ1v) is 12.9. The highest BCUT2D eigenvalue weighted by atomic mass is 35.5. The lowest BCUT2D eigenvalue weighted by molar-refractivity contribution is -0.140. The number of halogens is 2. The SMILES string of the molecule is CC1=C(C(=O)OCc2ccccc2)[C@H](c2ccco2)C(C#N)=C(SCC(=O)Nc2ccc(Cl)c(Cl)c2)N1. The predicted molar refractivity (Wildman–Crippen MR) is 144 cm³/mol. The highest BCUT2D eigenvalue weighted by Gasteiger charge is 2.37. The second-order valence-corrected chi connectivity index (χ2v) is 9.79. The van der Waals surface area contributed by atoms with Gasteiger partial charge in [0, 0.05) is 11.4 Å². The number of thioether (sulfide) groups is 1. The number of nitrogens with zero attached hydrogens (tertiary/aromatic N) is 1. The Balaban J connectivity index is 1.53. The van der Waals surface area contributed by atoms with E-state index in [9.17, 15) is 14.9 Å². The Bertz CT molecular complexity index is 1410. The molecule has 1 aliphatic heterocycles. The molecule has 2 heterocycles. The number of dihydropyridines is 1. The van der Waals surface area contributed by atoms with Crippen molar-refractivity contribution in [3.8, 4) is 6.07 Å². The molecular weight excluding hydrogens is 533 g/mol. The molecule has 0 spiro atoms. The Labute approximate surface area is 228 Å². The normalized spacial score (nSPS) is 15.1. The minimum Gasteiger partial charge on any atom is -0.468 e. The Kier molecular flexibility index (Phi) is 8.62. The molecule has 4 rings (SSSR count). The van der Waals surface area contributed by atoms with E-state index in [2.05, 4.69) is 16.7 Å². The number of nitriles is 1. The third-order valence-electron chi connectivity index (χ3n) is 5.46. The van der Waals surface area contributed by atoms with E-state index >= 15 is 0 Å². The molecule has 1 atom stereocenters. The van der Waals surface area contributed by atoms with Crippen LogP contribution >= 0.6 is 35.0 Å². The summed E-state index contributed by atoms with van der Waals surface area (Å²) in [6, 6.07) is 19.7. The number of amides is 1. The van der Waals surface area contributed by atoms with E-state index in [0.29, 0.717) is 32.2 Å². The van der Waals surface area contributed by atoms with E-state index in [1.165, 1.54) is 6.26 Å². The molecule has 0 radical (unpaired) electrons. The van der Waals surface area contributed by atoms with Crippen molar-refractivity contribution in [3.63, 3.8) is 0 Å². The number of esters is 1. The van der Waals surface area contributed by atoms with Gasteiger partial charge in [0.2, 0.25) is 5.91 Å². The molecule has 0 fully saturated rings. The fraction of sp³-hybridized carbons (Fsp3) is 0.148. The zero-order chi connectivity index (χ0) is 26.4. The smallest absolute Gasteiger partial charge is 0.337 e. The molecule has 3 aromatic rings. The number of rotatable bonds is 8. The number of carbonyl (C=O) groups excluding carboxylic acids is 2. The predicted octanol–water partition coefficient (Wildman–Crippen LogP) is 6.40. The number of hydrogen-bond donors (Lipinski definition) is 2. The lowest BCUT2D eigenvalue weighted by atomic mass is 9.86. The zero-order valence-electron chi connectivity index (χ0n) is 19.6. The van der Waals surface area contributed by atoms with Crippen LogP contribution in [0, 0.1) is 11.3 Å². The van der Waals surface area contributed by atoms with Crippen molar-refractivity contribution in [2.75, 3.05) is 11.1 Å². The van der Waals surface area contributed by atoms with Crippen molar-refractivity contribution in [2.45, 2.75) is 19.4 Å². The number of ether oxygens (including phenoxy) is 1. The third kappa shape index (κ3) is 6.38. The molecule has 37 heavy (non-hydrogen) atoms. The van der Waals surface area contributed by atoms with Crippen molar-refractivity contribution in [1.82, 2.24) is 5.32 Å². The maximum Gasteiger partial charge on any atom is 0.337 e. The molecular formula is C27H21Cl2N3O4S. The van der Waals surface area contributed by atoms with Gasteiger partial charge in [-0.25, -0.2) is 4.79 Å². The van der Waals surface area contributed by atoms with Crippen molar-refractivity contribution in [1.29, 1.82) is 5.26 Å². The summed E-state index contributed by atoms with van der Waals surface area (Å²) in [5.74, 6) is -1.24. The molecule has 188 valence electrons. The van der Waals surface area contributed by atoms with Gasteiger partial charge in [-0.2, -0.15) is 5.26 Å². The summed E-state index contributed by atoms with van der Waals surface area (Å²) in [5, 5.41) is 17.1. The molecule has 1 aliphatic rings. The molecule has 1 amide bonds. The van der Waals surface area contributed by atoms with Crippen molar-refractivity contribution >= 4 is 52.5 Å². The fourth-order valence-corrected chi connectivity index (χ4v) is 4.94. The molecule has 0 unspecified atom stereocenters. The summed E-state index contributed by atoms with van der Waals surface area (Å²) in [4.78, 5) is 25.8. The number of furan rings is 1. The van der Waals surface area contributed by atoms with Crippen molar-refractivity contribution < 1.29 is 18.7 Å². The summed E-state index contributed by atoms with van der Waals surface area (Å²) in [6.45, 7) is 1.81. The number of carbonyl (C=O) groups is 2. The van der Waals surface area contributed by atoms with Gasteiger partial charge in [-0.3, -0.25) is 4.79 Å². The number of allylic oxidation sites excluding steroid dienone is 2. The van der Waals surface area contributed by atoms with Crippen molar-refractivity contribution in [3.05, 3.63) is 110 Å². The highest BCUT2D eigenvalue weighted by Crippen LogP contribution is 2.41. The number of anilines is 1. The van der Waals surface area contributed by atoms with Gasteiger partial charge in [-0.15, -0.1) is 0 Å². The van der Waals surface area contributed by atoms with Crippen LogP contribution in [0.3, 0.4) is 0 Å². The van der Waals surface area contributed by atoms with Gasteiger partial charge in [-0.1, -0.05) is 65.3 Å². The Morgan fingerprint density at radius 2 is 1.92 bits per heavy atom. The van der Waals surface area contributed by atoms with Gasteiger partial charge in [0.15, 0.2) is 0 Å². The first kappa shape index (κ1) is 26.4. The Morgan fingerprint density at radius 1 is 1.14 bits per heavy atom. The minimum atomic E-state index is -0.787. The molecule has 7 nitrogen and oxygen atoms in total. The molecule has 10 heteroatoms. The van der Waals surface area contributed by atoms with E-state index in [0.717, 1.165) is 17.3 Å². The van der Waals surface area contributed by atoms with Gasteiger partial charge in [-0.05, 0) is 42.8 Å². The monoisotopic (exact) mass is 553 g/mol. The van der Waals surface area contributed by atoms with E-state index < -0.39 is 11.9 Å². The van der Waals surface area contributed by atoms with E-state index in [1.54, 1.807) is 37.3 Å². The molecule has 2 N–H and O–H groups in total. The Morgan fingerprint density at radius 3 is 2.59 bits per heavy atom. The average molecular weight is 554 g/mol. The van der Waals surface area contributed by atoms with Gasteiger partial charge < -0.3 is 19.8 Å². The number of nitrogens with one attached hydrogen (secondary N) is 2. The molecule has 1 aromatic heterocycles. The molecule has 0 saturated carbocycles. The average Bonchev–Trinajstić information content (AvgIpc) is 3.43. The molecule has 0 aliphatic carbocycles. The van der Waals surface area contributed by atoms with Gasteiger partial charge in [0.1, 0.15) is 12.4 Å². The first-order valence-electron chi connectivity index (χ1n) is 11.1. The highest BCUT2D eigenvalue weighted by molar-refractivity contribution is 8.03. The molecule has 2 aromatic carbocycles. The van der Waals surface area contributed by atoms with Gasteiger partial charge in [0.05, 0.1) is 50.2 Å². The summed E-state index contributed by atoms with van der Waals surface area (Å²) < 4.78 is 11.2. The summed E-state index contributed by atoms with van der Waals surface area (Å²) in [7, 11) is 0. The lowest BCUT2D eigenvalue weighted by Gasteiger charge is -2.28. The quantitative estimate of drug-likeness (QED) is 0.311. The topological polar surface area (TPSA) is 104 Å². The second-order valence-electron chi connectivity index (χ2n) is 7.99. The Hall–Kier alpha value is -3.64.